The van der Waals surface area contributed by atoms with Gasteiger partial charge in [0.05, 0.1) is 44.5 Å². The summed E-state index contributed by atoms with van der Waals surface area (Å²) in [5.74, 6) is 0.0609. The number of fused-ring (bicyclic) bond motifs is 1. The first-order chi connectivity index (χ1) is 22.3. The van der Waals surface area contributed by atoms with Gasteiger partial charge in [-0.3, -0.25) is 0 Å². The third kappa shape index (κ3) is 7.78. The Hall–Kier alpha value is -3.75. The van der Waals surface area contributed by atoms with Crippen molar-refractivity contribution in [2.45, 2.75) is 64.4 Å². The van der Waals surface area contributed by atoms with E-state index in [1.165, 1.54) is 16.3 Å². The molecule has 4 aromatic carbocycles. The third-order valence-corrected chi connectivity index (χ3v) is 8.82. The van der Waals surface area contributed by atoms with Crippen molar-refractivity contribution in [3.63, 3.8) is 0 Å². The van der Waals surface area contributed by atoms with Gasteiger partial charge >= 0.3 is 5.97 Å². The van der Waals surface area contributed by atoms with E-state index in [0.717, 1.165) is 36.1 Å². The number of rotatable bonds is 11. The molecule has 4 aromatic rings. The van der Waals surface area contributed by atoms with Crippen LogP contribution in [0.5, 0.6) is 5.75 Å². The van der Waals surface area contributed by atoms with Crippen LogP contribution < -0.4 is 4.74 Å². The third-order valence-electron chi connectivity index (χ3n) is 8.82. The molecule has 2 saturated heterocycles. The van der Waals surface area contributed by atoms with Crippen LogP contribution in [-0.2, 0) is 36.2 Å². The zero-order chi connectivity index (χ0) is 32.0. The Balaban J connectivity index is 1.08. The minimum Gasteiger partial charge on any atom is -0.494 e. The smallest absolute Gasteiger partial charge is 0.330 e. The summed E-state index contributed by atoms with van der Waals surface area (Å²) in [6.45, 7) is 9.01. The maximum Gasteiger partial charge on any atom is 0.330 e. The number of nitrogens with zero attached hydrogens (tertiary/aromatic N) is 1. The topological polar surface area (TPSA) is 66.5 Å². The molecule has 0 radical (unpaired) electrons. The van der Waals surface area contributed by atoms with Crippen molar-refractivity contribution in [3.05, 3.63) is 114 Å². The fraction of sp³-hybridized carbons (Fsp3) is 0.410. The van der Waals surface area contributed by atoms with Crippen LogP contribution in [0.1, 0.15) is 62.6 Å². The van der Waals surface area contributed by atoms with Gasteiger partial charge in [-0.15, -0.1) is 5.06 Å². The number of benzene rings is 4. The maximum atomic E-state index is 12.7. The average molecular weight is 624 g/mol. The van der Waals surface area contributed by atoms with Crippen LogP contribution in [0, 0.1) is 5.41 Å². The molecule has 0 saturated carbocycles. The predicted octanol–water partition coefficient (Wildman–Crippen LogP) is 7.78. The van der Waals surface area contributed by atoms with Gasteiger partial charge in [-0.25, -0.2) is 4.79 Å². The first-order valence-electron chi connectivity index (χ1n) is 16.4. The van der Waals surface area contributed by atoms with Crippen LogP contribution in [-0.4, -0.2) is 50.0 Å². The van der Waals surface area contributed by atoms with Crippen molar-refractivity contribution < 1.29 is 28.6 Å². The molecule has 0 spiro atoms. The molecule has 242 valence electrons. The zero-order valence-corrected chi connectivity index (χ0v) is 27.2. The summed E-state index contributed by atoms with van der Waals surface area (Å²) in [4.78, 5) is 18.5. The molecule has 6 rings (SSSR count). The molecule has 0 aliphatic carbocycles. The second kappa shape index (κ2) is 14.3. The second-order valence-corrected chi connectivity index (χ2v) is 13.3. The molecule has 46 heavy (non-hydrogen) atoms. The molecule has 0 aromatic heterocycles. The number of carbonyl (C=O) groups is 1. The fourth-order valence-electron chi connectivity index (χ4n) is 6.22. The molecule has 7 heteroatoms. The molecular formula is C39H45NO6. The minimum atomic E-state index is -0.688. The van der Waals surface area contributed by atoms with Crippen LogP contribution in [0.2, 0.25) is 0 Å². The van der Waals surface area contributed by atoms with E-state index < -0.39 is 11.2 Å². The van der Waals surface area contributed by atoms with Gasteiger partial charge < -0.3 is 23.8 Å². The van der Waals surface area contributed by atoms with E-state index in [0.29, 0.717) is 39.5 Å². The number of carbonyl (C=O) groups excluding carboxylic acids is 1. The average Bonchev–Trinajstić information content (AvgIpc) is 3.56. The molecule has 2 aliphatic heterocycles. The van der Waals surface area contributed by atoms with E-state index >= 15 is 0 Å². The Kier molecular flexibility index (Phi) is 10.0. The van der Waals surface area contributed by atoms with Gasteiger partial charge in [0.25, 0.3) is 0 Å². The van der Waals surface area contributed by atoms with Gasteiger partial charge in [0.1, 0.15) is 5.75 Å². The lowest BCUT2D eigenvalue weighted by atomic mass is 9.87. The van der Waals surface area contributed by atoms with Gasteiger partial charge in [-0.05, 0) is 73.7 Å². The first kappa shape index (κ1) is 32.2. The minimum absolute atomic E-state index is 0.152. The molecule has 0 bridgehead atoms. The number of ether oxygens (including phenoxy) is 4. The monoisotopic (exact) mass is 623 g/mol. The van der Waals surface area contributed by atoms with E-state index in [4.69, 9.17) is 23.8 Å². The summed E-state index contributed by atoms with van der Waals surface area (Å²) in [6.07, 6.45) is 2.18. The van der Waals surface area contributed by atoms with Crippen LogP contribution in [0.3, 0.4) is 0 Å². The van der Waals surface area contributed by atoms with E-state index in [1.807, 2.05) is 51.1 Å². The summed E-state index contributed by atoms with van der Waals surface area (Å²) in [5.41, 5.74) is 2.78. The summed E-state index contributed by atoms with van der Waals surface area (Å²) in [7, 11) is 0. The predicted molar refractivity (Wildman–Crippen MR) is 178 cm³/mol. The summed E-state index contributed by atoms with van der Waals surface area (Å²) in [6, 6.07) is 33.3. The van der Waals surface area contributed by atoms with Gasteiger partial charge in [-0.2, -0.15) is 0 Å². The molecule has 0 amide bonds. The van der Waals surface area contributed by atoms with Crippen molar-refractivity contribution in [1.82, 2.24) is 5.06 Å². The zero-order valence-electron chi connectivity index (χ0n) is 27.2. The lowest BCUT2D eigenvalue weighted by Crippen LogP contribution is -2.46. The number of hydrogen-bond acceptors (Lipinski definition) is 7. The highest BCUT2D eigenvalue weighted by molar-refractivity contribution is 5.83. The van der Waals surface area contributed by atoms with Crippen LogP contribution in [0.15, 0.2) is 97.1 Å². The van der Waals surface area contributed by atoms with Crippen molar-refractivity contribution in [2.24, 2.45) is 5.41 Å². The summed E-state index contributed by atoms with van der Waals surface area (Å²) < 4.78 is 24.9. The number of hydroxylamine groups is 2. The van der Waals surface area contributed by atoms with Gasteiger partial charge in [-0.1, -0.05) is 78.9 Å². The fourth-order valence-corrected chi connectivity index (χ4v) is 6.22. The highest BCUT2D eigenvalue weighted by atomic mass is 16.7. The number of piperidine rings is 1. The quantitative estimate of drug-likeness (QED) is 0.158. The Morgan fingerprint density at radius 2 is 1.61 bits per heavy atom. The Labute approximate surface area is 272 Å². The van der Waals surface area contributed by atoms with Crippen molar-refractivity contribution >= 4 is 16.7 Å². The number of hydrogen-bond donors (Lipinski definition) is 0. The highest BCUT2D eigenvalue weighted by Gasteiger charge is 2.38. The van der Waals surface area contributed by atoms with E-state index in [1.54, 1.807) is 5.06 Å². The van der Waals surface area contributed by atoms with Gasteiger partial charge in [0.15, 0.2) is 5.79 Å². The van der Waals surface area contributed by atoms with Crippen LogP contribution >= 0.6 is 0 Å². The molecular weight excluding hydrogens is 578 g/mol. The highest BCUT2D eigenvalue weighted by Crippen LogP contribution is 2.36. The maximum absolute atomic E-state index is 12.7. The Morgan fingerprint density at radius 1 is 0.891 bits per heavy atom. The molecule has 2 heterocycles. The van der Waals surface area contributed by atoms with Gasteiger partial charge in [0.2, 0.25) is 0 Å². The molecule has 0 N–H and O–H groups in total. The van der Waals surface area contributed by atoms with Gasteiger partial charge in [0, 0.05) is 24.4 Å². The summed E-state index contributed by atoms with van der Waals surface area (Å²) in [5, 5.41) is 4.17. The molecule has 7 nitrogen and oxygen atoms in total. The van der Waals surface area contributed by atoms with Crippen molar-refractivity contribution in [2.75, 3.05) is 32.9 Å². The molecule has 2 aliphatic rings. The summed E-state index contributed by atoms with van der Waals surface area (Å²) >= 11 is 0. The molecule has 2 unspecified atom stereocenters. The van der Waals surface area contributed by atoms with Crippen molar-refractivity contribution in [1.29, 1.82) is 0 Å². The first-order valence-corrected chi connectivity index (χ1v) is 16.4. The molecule has 2 fully saturated rings. The normalized spacial score (nSPS) is 20.1. The van der Waals surface area contributed by atoms with E-state index in [9.17, 15) is 4.79 Å². The second-order valence-electron chi connectivity index (χ2n) is 13.3. The van der Waals surface area contributed by atoms with E-state index in [-0.39, 0.29) is 18.0 Å². The Bertz CT molecular complexity index is 1580. The lowest BCUT2D eigenvalue weighted by molar-refractivity contribution is -0.216. The SMILES string of the molecule is CC(C)(C)C(=O)ON1CCC(c2ccc(OCCCC3(c4ccccc4)OCCO3)cc2)C(OCc2ccc3ccccc3c2)C1. The van der Waals surface area contributed by atoms with E-state index in [2.05, 4.69) is 66.7 Å². The Morgan fingerprint density at radius 3 is 2.35 bits per heavy atom. The van der Waals surface area contributed by atoms with Crippen molar-refractivity contribution in [3.8, 4) is 5.75 Å². The van der Waals surface area contributed by atoms with Crippen LogP contribution in [0.4, 0.5) is 0 Å². The standard InChI is InChI=1S/C39H45NO6/c1-38(2,3)37(41)46-40-22-20-35(36(27-40)43-28-29-14-15-30-10-7-8-11-32(30)26-29)31-16-18-34(19-17-31)42-23-9-21-39(44-24-25-45-39)33-12-5-4-6-13-33/h4-8,10-19,26,35-36H,9,20-25,27-28H2,1-3H3. The van der Waals surface area contributed by atoms with Crippen LogP contribution in [0.25, 0.3) is 10.8 Å². The molecule has 2 atom stereocenters. The largest absolute Gasteiger partial charge is 0.494 e. The lowest BCUT2D eigenvalue weighted by Gasteiger charge is -2.38.